The molecule has 2 rings (SSSR count). The fourth-order valence-corrected chi connectivity index (χ4v) is 4.23. The van der Waals surface area contributed by atoms with Crippen molar-refractivity contribution in [3.63, 3.8) is 0 Å². The van der Waals surface area contributed by atoms with E-state index in [2.05, 4.69) is 10.0 Å². The number of nitrogens with one attached hydrogen (secondary N) is 2. The van der Waals surface area contributed by atoms with Gasteiger partial charge in [0.1, 0.15) is 24.5 Å². The van der Waals surface area contributed by atoms with Crippen LogP contribution < -0.4 is 24.2 Å². The third-order valence-corrected chi connectivity index (χ3v) is 6.83. The maximum absolute atomic E-state index is 12.5. The molecule has 0 spiro atoms. The Balaban J connectivity index is 1.90. The standard InChI is InChI=1S/C25H35ClN2O6S/c1-6-35(30,31)28-24(17(2)3)25(29)27-14-13-19-7-12-22(23(15-19)32-5)34-18(4)16-33-21-10-8-20(26)9-11-21/h7-12,15,17-18,24,28H,6,13-14,16H2,1-5H3,(H,27,29)/t18-,24?/m0/s1. The smallest absolute Gasteiger partial charge is 0.238 e. The van der Waals surface area contributed by atoms with Crippen molar-refractivity contribution in [2.24, 2.45) is 5.92 Å². The Morgan fingerprint density at radius 3 is 2.34 bits per heavy atom. The lowest BCUT2D eigenvalue weighted by atomic mass is 10.0. The van der Waals surface area contributed by atoms with E-state index in [1.54, 1.807) is 45.2 Å². The van der Waals surface area contributed by atoms with Crippen LogP contribution in [0.1, 0.15) is 33.3 Å². The number of methoxy groups -OCH3 is 1. The molecule has 0 radical (unpaired) electrons. The number of sulfonamides is 1. The first-order chi connectivity index (χ1) is 16.5. The first-order valence-electron chi connectivity index (χ1n) is 11.5. The SMILES string of the molecule is CCS(=O)(=O)NC(C(=O)NCCc1ccc(O[C@@H](C)COc2ccc(Cl)cc2)c(OC)c1)C(C)C. The molecule has 0 saturated heterocycles. The maximum Gasteiger partial charge on any atom is 0.238 e. The summed E-state index contributed by atoms with van der Waals surface area (Å²) in [5, 5.41) is 3.46. The Bertz CT molecular complexity index is 1060. The summed E-state index contributed by atoms with van der Waals surface area (Å²) in [7, 11) is -1.92. The molecule has 0 saturated carbocycles. The average Bonchev–Trinajstić information content (AvgIpc) is 2.82. The van der Waals surface area contributed by atoms with E-state index in [0.717, 1.165) is 5.56 Å². The van der Waals surface area contributed by atoms with E-state index >= 15 is 0 Å². The summed E-state index contributed by atoms with van der Waals surface area (Å²) >= 11 is 5.89. The van der Waals surface area contributed by atoms with E-state index in [0.29, 0.717) is 41.8 Å². The Kier molecular flexibility index (Phi) is 11.1. The number of hydrogen-bond donors (Lipinski definition) is 2. The zero-order valence-corrected chi connectivity index (χ0v) is 22.4. The Morgan fingerprint density at radius 2 is 1.74 bits per heavy atom. The van der Waals surface area contributed by atoms with Crippen molar-refractivity contribution in [2.75, 3.05) is 26.0 Å². The molecular weight excluding hydrogens is 492 g/mol. The van der Waals surface area contributed by atoms with E-state index in [1.165, 1.54) is 6.92 Å². The number of hydrogen-bond acceptors (Lipinski definition) is 6. The molecule has 0 bridgehead atoms. The van der Waals surface area contributed by atoms with Gasteiger partial charge in [0.25, 0.3) is 0 Å². The van der Waals surface area contributed by atoms with Crippen LogP contribution >= 0.6 is 11.6 Å². The van der Waals surface area contributed by atoms with E-state index in [1.807, 2.05) is 25.1 Å². The Morgan fingerprint density at radius 1 is 1.06 bits per heavy atom. The molecule has 2 atom stereocenters. The van der Waals surface area contributed by atoms with Gasteiger partial charge in [-0.25, -0.2) is 13.1 Å². The zero-order chi connectivity index (χ0) is 26.0. The Hall–Kier alpha value is -2.49. The molecule has 10 heteroatoms. The minimum atomic E-state index is -3.49. The number of carbonyl (C=O) groups excluding carboxylic acids is 1. The summed E-state index contributed by atoms with van der Waals surface area (Å²) in [6.45, 7) is 7.73. The van der Waals surface area contributed by atoms with Gasteiger partial charge in [-0.15, -0.1) is 0 Å². The van der Waals surface area contributed by atoms with Gasteiger partial charge in [-0.05, 0) is 68.1 Å². The molecule has 0 aromatic heterocycles. The predicted octanol–water partition coefficient (Wildman–Crippen LogP) is 3.82. The predicted molar refractivity (Wildman–Crippen MR) is 138 cm³/mol. The number of ether oxygens (including phenoxy) is 3. The molecule has 2 aromatic carbocycles. The highest BCUT2D eigenvalue weighted by molar-refractivity contribution is 7.89. The highest BCUT2D eigenvalue weighted by Gasteiger charge is 2.26. The Labute approximate surface area is 213 Å². The molecule has 1 amide bonds. The fraction of sp³-hybridized carbons (Fsp3) is 0.480. The lowest BCUT2D eigenvalue weighted by Crippen LogP contribution is -2.50. The van der Waals surface area contributed by atoms with E-state index < -0.39 is 16.1 Å². The lowest BCUT2D eigenvalue weighted by molar-refractivity contribution is -0.123. The summed E-state index contributed by atoms with van der Waals surface area (Å²) in [4.78, 5) is 12.5. The third kappa shape index (κ3) is 9.58. The number of carbonyl (C=O) groups is 1. The van der Waals surface area contributed by atoms with Crippen molar-refractivity contribution >= 4 is 27.5 Å². The van der Waals surface area contributed by atoms with Crippen LogP contribution in [0.25, 0.3) is 0 Å². The third-order valence-electron chi connectivity index (χ3n) is 5.20. The monoisotopic (exact) mass is 526 g/mol. The van der Waals surface area contributed by atoms with Crippen LogP contribution in [0.5, 0.6) is 17.2 Å². The fourth-order valence-electron chi connectivity index (χ4n) is 3.17. The average molecular weight is 527 g/mol. The quantitative estimate of drug-likeness (QED) is 0.388. The van der Waals surface area contributed by atoms with Gasteiger partial charge < -0.3 is 19.5 Å². The van der Waals surface area contributed by atoms with Gasteiger partial charge in [0.05, 0.1) is 12.9 Å². The second-order valence-corrected chi connectivity index (χ2v) is 10.9. The normalized spacial score (nSPS) is 13.2. The number of halogens is 1. The van der Waals surface area contributed by atoms with Crippen LogP contribution in [-0.4, -0.2) is 52.5 Å². The summed E-state index contributed by atoms with van der Waals surface area (Å²) in [5.74, 6) is 1.25. The second kappa shape index (κ2) is 13.6. The number of rotatable bonds is 14. The molecule has 0 heterocycles. The highest BCUT2D eigenvalue weighted by atomic mass is 35.5. The van der Waals surface area contributed by atoms with Gasteiger partial charge in [-0.2, -0.15) is 0 Å². The lowest BCUT2D eigenvalue weighted by Gasteiger charge is -2.21. The molecule has 1 unspecified atom stereocenters. The topological polar surface area (TPSA) is 103 Å². The van der Waals surface area contributed by atoms with Gasteiger partial charge in [0, 0.05) is 11.6 Å². The van der Waals surface area contributed by atoms with Gasteiger partial charge in [0.2, 0.25) is 15.9 Å². The van der Waals surface area contributed by atoms with Crippen molar-refractivity contribution in [1.29, 1.82) is 0 Å². The molecule has 194 valence electrons. The molecule has 0 aliphatic heterocycles. The number of benzene rings is 2. The first-order valence-corrected chi connectivity index (χ1v) is 13.6. The molecule has 0 fully saturated rings. The van der Waals surface area contributed by atoms with Crippen molar-refractivity contribution in [1.82, 2.24) is 10.0 Å². The van der Waals surface area contributed by atoms with Crippen molar-refractivity contribution in [3.8, 4) is 17.2 Å². The van der Waals surface area contributed by atoms with Crippen LogP contribution in [0, 0.1) is 5.92 Å². The summed E-state index contributed by atoms with van der Waals surface area (Å²) in [6, 6.07) is 11.9. The van der Waals surface area contributed by atoms with Crippen LogP contribution in [0.3, 0.4) is 0 Å². The van der Waals surface area contributed by atoms with Gasteiger partial charge in [-0.1, -0.05) is 31.5 Å². The van der Waals surface area contributed by atoms with Gasteiger partial charge >= 0.3 is 0 Å². The van der Waals surface area contributed by atoms with Crippen LogP contribution in [0.4, 0.5) is 0 Å². The molecule has 2 aromatic rings. The molecule has 35 heavy (non-hydrogen) atoms. The molecule has 0 aliphatic carbocycles. The maximum atomic E-state index is 12.5. The number of amides is 1. The van der Waals surface area contributed by atoms with Crippen LogP contribution in [0.2, 0.25) is 5.02 Å². The zero-order valence-electron chi connectivity index (χ0n) is 20.8. The largest absolute Gasteiger partial charge is 0.493 e. The van der Waals surface area contributed by atoms with Gasteiger partial charge in [-0.3, -0.25) is 4.79 Å². The summed E-state index contributed by atoms with van der Waals surface area (Å²) in [6.07, 6.45) is 0.313. The first kappa shape index (κ1) is 28.7. The molecule has 0 aliphatic rings. The second-order valence-electron chi connectivity index (χ2n) is 8.46. The molecular formula is C25H35ClN2O6S. The highest BCUT2D eigenvalue weighted by Crippen LogP contribution is 2.29. The van der Waals surface area contributed by atoms with E-state index in [4.69, 9.17) is 25.8 Å². The van der Waals surface area contributed by atoms with Crippen molar-refractivity contribution < 1.29 is 27.4 Å². The van der Waals surface area contributed by atoms with Crippen molar-refractivity contribution in [2.45, 2.75) is 46.3 Å². The molecule has 8 nitrogen and oxygen atoms in total. The van der Waals surface area contributed by atoms with Crippen LogP contribution in [0.15, 0.2) is 42.5 Å². The van der Waals surface area contributed by atoms with Gasteiger partial charge in [0.15, 0.2) is 11.5 Å². The summed E-state index contributed by atoms with van der Waals surface area (Å²) < 4.78 is 43.4. The summed E-state index contributed by atoms with van der Waals surface area (Å²) in [5.41, 5.74) is 0.940. The minimum Gasteiger partial charge on any atom is -0.493 e. The van der Waals surface area contributed by atoms with E-state index in [9.17, 15) is 13.2 Å². The molecule has 2 N–H and O–H groups in total. The van der Waals surface area contributed by atoms with Crippen molar-refractivity contribution in [3.05, 3.63) is 53.1 Å². The van der Waals surface area contributed by atoms with E-state index in [-0.39, 0.29) is 23.7 Å². The minimum absolute atomic E-state index is 0.0798. The van der Waals surface area contributed by atoms with Crippen LogP contribution in [-0.2, 0) is 21.2 Å².